The van der Waals surface area contributed by atoms with Gasteiger partial charge < -0.3 is 36.8 Å². The Bertz CT molecular complexity index is 1610. The van der Waals surface area contributed by atoms with Crippen LogP contribution in [0.1, 0.15) is 104 Å². The van der Waals surface area contributed by atoms with Crippen LogP contribution in [0.15, 0.2) is 29.6 Å². The smallest absolute Gasteiger partial charge is 0.306 e. The van der Waals surface area contributed by atoms with E-state index in [4.69, 9.17) is 8.48 Å². The van der Waals surface area contributed by atoms with Crippen molar-refractivity contribution >= 4 is 46.6 Å². The first-order valence-electron chi connectivity index (χ1n) is 19.6. The number of likely N-dealkylation sites (tertiary alicyclic amines) is 1. The second-order valence-corrected chi connectivity index (χ2v) is 15.5. The lowest BCUT2D eigenvalue weighted by molar-refractivity contribution is -0.142. The molecule has 1 aromatic carbocycles. The first-order chi connectivity index (χ1) is 26.0. The lowest BCUT2D eigenvalue weighted by atomic mass is 9.91. The summed E-state index contributed by atoms with van der Waals surface area (Å²) in [5.41, 5.74) is 5.64. The highest BCUT2D eigenvalue weighted by Crippen LogP contribution is 2.30. The average Bonchev–Trinajstić information content (AvgIpc) is 3.84. The van der Waals surface area contributed by atoms with Crippen LogP contribution in [-0.2, 0) is 25.6 Å². The highest BCUT2D eigenvalue weighted by atomic mass is 32.1. The number of aromatic nitrogens is 1. The number of benzene rings is 1. The lowest BCUT2D eigenvalue weighted by Gasteiger charge is -2.38. The maximum atomic E-state index is 14.1. The predicted octanol–water partition coefficient (Wildman–Crippen LogP) is 3.41. The Morgan fingerprint density at radius 1 is 1.11 bits per heavy atom. The van der Waals surface area contributed by atoms with Gasteiger partial charge in [0.15, 0.2) is 0 Å². The lowest BCUT2D eigenvalue weighted by Crippen LogP contribution is -2.60. The molecule has 0 saturated carbocycles. The van der Waals surface area contributed by atoms with Gasteiger partial charge in [0.05, 0.1) is 18.0 Å². The van der Waals surface area contributed by atoms with Gasteiger partial charge in [-0.15, -0.1) is 11.3 Å². The Labute approximate surface area is 320 Å². The van der Waals surface area contributed by atoms with E-state index in [2.05, 4.69) is 20.9 Å². The van der Waals surface area contributed by atoms with Crippen molar-refractivity contribution in [3.63, 3.8) is 0 Å². The summed E-state index contributed by atoms with van der Waals surface area (Å²) in [5, 5.41) is 31.3. The van der Waals surface area contributed by atoms with Crippen LogP contribution in [0.25, 0.3) is 0 Å². The van der Waals surface area contributed by atoms with E-state index in [1.165, 1.54) is 5.38 Å². The Morgan fingerprint density at radius 2 is 1.81 bits per heavy atom. The molecule has 294 valence electrons. The van der Waals surface area contributed by atoms with E-state index in [0.29, 0.717) is 37.9 Å². The first-order valence-corrected chi connectivity index (χ1v) is 19.1. The highest BCUT2D eigenvalue weighted by molar-refractivity contribution is 7.09. The summed E-state index contributed by atoms with van der Waals surface area (Å²) in [6, 6.07) is 5.04. The highest BCUT2D eigenvalue weighted by Gasteiger charge is 2.43. The Morgan fingerprint density at radius 3 is 2.40 bits per heavy atom. The molecule has 1 fully saturated rings. The molecule has 0 aliphatic carbocycles. The number of hydrogen-bond acceptors (Lipinski definition) is 10. The number of aliphatic hydroxyl groups excluding tert-OH is 1. The maximum absolute atomic E-state index is 14.1. The van der Waals surface area contributed by atoms with Crippen LogP contribution in [0.3, 0.4) is 0 Å². The number of aliphatic carboxylic acids is 1. The number of amides is 4. The number of nitrogens with zero attached hydrogens (tertiary/aromatic N) is 3. The standard InChI is InChI=1S/C38H59N7O7S/c1-9-23(4)32(43-37(52)38(6)15-10-16-44(38)7)35(49)45(8)29(22(2)3)19-30(46)34-42-28(21-53-34)33(48)41-27(17-24(5)36(50)51)18-25-11-13-26(14-12-25)40-31(47)20-39/h11-14,21-24,27,29-30,32,46H,9-10,15-20,39H2,1-8H3,(H,40,47)(H,41,48)(H,43,52)(H,50,51)/t23-,24-,27+,29+,30+,32-,38-/m0/s1/i6D,7D. The number of carboxylic acids is 1. The van der Waals surface area contributed by atoms with E-state index in [1.54, 1.807) is 48.0 Å². The zero-order chi connectivity index (χ0) is 41.0. The zero-order valence-electron chi connectivity index (χ0n) is 33.8. The summed E-state index contributed by atoms with van der Waals surface area (Å²) in [4.78, 5) is 72.3. The van der Waals surface area contributed by atoms with Crippen LogP contribution < -0.4 is 21.7 Å². The van der Waals surface area contributed by atoms with Crippen molar-refractivity contribution in [2.45, 2.75) is 110 Å². The third-order valence-corrected chi connectivity index (χ3v) is 11.2. The molecule has 4 amide bonds. The van der Waals surface area contributed by atoms with Crippen LogP contribution in [0.2, 0.25) is 0 Å². The fourth-order valence-electron chi connectivity index (χ4n) is 6.49. The largest absolute Gasteiger partial charge is 0.481 e. The minimum absolute atomic E-state index is 0.0638. The summed E-state index contributed by atoms with van der Waals surface area (Å²) in [5.74, 6) is -3.68. The monoisotopic (exact) mass is 759 g/mol. The maximum Gasteiger partial charge on any atom is 0.306 e. The molecule has 0 radical (unpaired) electrons. The number of likely N-dealkylation sites (N-methyl/N-ethyl adjacent to an activating group) is 2. The van der Waals surface area contributed by atoms with Gasteiger partial charge in [0.1, 0.15) is 22.8 Å². The van der Waals surface area contributed by atoms with Gasteiger partial charge in [0, 0.05) is 39.4 Å². The van der Waals surface area contributed by atoms with Gasteiger partial charge in [0.25, 0.3) is 5.91 Å². The summed E-state index contributed by atoms with van der Waals surface area (Å²) in [6.07, 6.45) is 1.20. The molecule has 2 aromatic rings. The van der Waals surface area contributed by atoms with Gasteiger partial charge in [-0.25, -0.2) is 4.98 Å². The minimum Gasteiger partial charge on any atom is -0.481 e. The molecular formula is C38H59N7O7S. The van der Waals surface area contributed by atoms with E-state index in [0.717, 1.165) is 16.9 Å². The van der Waals surface area contributed by atoms with Gasteiger partial charge in [0.2, 0.25) is 17.7 Å². The number of thiazole rings is 1. The topological polar surface area (TPSA) is 207 Å². The van der Waals surface area contributed by atoms with Gasteiger partial charge in [-0.05, 0) is 75.7 Å². The summed E-state index contributed by atoms with van der Waals surface area (Å²) < 4.78 is 16.1. The number of hydrogen-bond donors (Lipinski definition) is 6. The normalized spacial score (nSPS) is 19.9. The number of anilines is 1. The molecule has 7 atom stereocenters. The summed E-state index contributed by atoms with van der Waals surface area (Å²) in [6.45, 7) is 9.42. The van der Waals surface area contributed by atoms with E-state index < -0.39 is 53.5 Å². The number of rotatable bonds is 19. The molecule has 0 spiro atoms. The molecule has 53 heavy (non-hydrogen) atoms. The SMILES string of the molecule is [2H]CN1CCC[C@@]1(C[2H])C(=O)N[C@H](C(=O)N(C)[C@H](C[C@@H](O)c1nc(C(=O)N[C@@H](Cc2ccc(NC(=O)CN)cc2)C[C@H](C)C(=O)O)cs1)C(C)C)[C@@H](C)CC. The van der Waals surface area contributed by atoms with Crippen molar-refractivity contribution in [1.82, 2.24) is 25.4 Å². The fraction of sp³-hybridized carbons (Fsp3) is 0.632. The first kappa shape index (κ1) is 40.3. The molecule has 7 N–H and O–H groups in total. The Kier molecular flexibility index (Phi) is 14.8. The van der Waals surface area contributed by atoms with Crippen LogP contribution in [0, 0.1) is 17.8 Å². The van der Waals surface area contributed by atoms with Crippen molar-refractivity contribution in [1.29, 1.82) is 0 Å². The van der Waals surface area contributed by atoms with Crippen LogP contribution in [0.5, 0.6) is 0 Å². The van der Waals surface area contributed by atoms with Crippen LogP contribution in [-0.4, -0.2) is 105 Å². The summed E-state index contributed by atoms with van der Waals surface area (Å²) in [7, 11) is 1.54. The Hall–Kier alpha value is -3.92. The number of nitrogens with two attached hydrogens (primary N) is 1. The molecule has 3 rings (SSSR count). The number of carbonyl (C=O) groups excluding carboxylic acids is 4. The van der Waals surface area contributed by atoms with Gasteiger partial charge in [-0.1, -0.05) is 53.2 Å². The molecule has 15 heteroatoms. The number of aliphatic hydroxyl groups is 1. The third-order valence-electron chi connectivity index (χ3n) is 10.2. The van der Waals surface area contributed by atoms with Gasteiger partial charge >= 0.3 is 5.97 Å². The van der Waals surface area contributed by atoms with E-state index >= 15 is 0 Å². The molecule has 2 heterocycles. The fourth-order valence-corrected chi connectivity index (χ4v) is 7.28. The average molecular weight is 760 g/mol. The minimum atomic E-state index is -1.15. The second kappa shape index (κ2) is 19.4. The van der Waals surface area contributed by atoms with Crippen molar-refractivity contribution in [2.24, 2.45) is 23.5 Å². The van der Waals surface area contributed by atoms with Crippen molar-refractivity contribution in [3.8, 4) is 0 Å². The number of carbonyl (C=O) groups is 5. The number of carboxylic acid groups (broad SMARTS) is 1. The molecule has 1 saturated heterocycles. The van der Waals surface area contributed by atoms with E-state index in [9.17, 15) is 34.2 Å². The molecule has 1 aliphatic rings. The van der Waals surface area contributed by atoms with E-state index in [-0.39, 0.29) is 67.7 Å². The second-order valence-electron chi connectivity index (χ2n) is 14.6. The summed E-state index contributed by atoms with van der Waals surface area (Å²) >= 11 is 1.10. The third kappa shape index (κ3) is 11.5. The molecule has 1 aromatic heterocycles. The molecule has 0 bridgehead atoms. The van der Waals surface area contributed by atoms with E-state index in [1.807, 2.05) is 27.7 Å². The molecule has 1 aliphatic heterocycles. The predicted molar refractivity (Wildman–Crippen MR) is 205 cm³/mol. The van der Waals surface area contributed by atoms with Crippen LogP contribution in [0.4, 0.5) is 5.69 Å². The molecule has 14 nitrogen and oxygen atoms in total. The van der Waals surface area contributed by atoms with Crippen LogP contribution >= 0.6 is 11.3 Å². The quantitative estimate of drug-likeness (QED) is 0.123. The molecular weight excluding hydrogens is 699 g/mol. The Balaban J connectivity index is 1.74. The number of nitrogens with one attached hydrogen (secondary N) is 3. The zero-order valence-corrected chi connectivity index (χ0v) is 32.6. The van der Waals surface area contributed by atoms with Crippen molar-refractivity contribution in [3.05, 3.63) is 45.9 Å². The van der Waals surface area contributed by atoms with Crippen molar-refractivity contribution in [2.75, 3.05) is 32.5 Å². The van der Waals surface area contributed by atoms with Gasteiger partial charge in [-0.2, -0.15) is 0 Å². The molecule has 0 unspecified atom stereocenters. The van der Waals surface area contributed by atoms with Crippen molar-refractivity contribution < 1.29 is 36.9 Å². The van der Waals surface area contributed by atoms with Gasteiger partial charge in [-0.3, -0.25) is 28.9 Å².